The van der Waals surface area contributed by atoms with Crippen molar-refractivity contribution in [1.82, 2.24) is 4.98 Å². The van der Waals surface area contributed by atoms with E-state index in [1.807, 2.05) is 30.3 Å². The Morgan fingerprint density at radius 3 is 2.02 bits per heavy atom. The number of hydrogen-bond donors (Lipinski definition) is 0. The number of aromatic nitrogens is 1. The van der Waals surface area contributed by atoms with Crippen LogP contribution in [0.3, 0.4) is 0 Å². The molecule has 0 N–H and O–H groups in total. The highest BCUT2D eigenvalue weighted by atomic mass is 32.1. The van der Waals surface area contributed by atoms with E-state index in [1.54, 1.807) is 11.3 Å². The lowest BCUT2D eigenvalue weighted by Gasteiger charge is -2.25. The van der Waals surface area contributed by atoms with Gasteiger partial charge in [-0.25, -0.2) is 4.98 Å². The molecule has 0 aliphatic carbocycles. The monoisotopic (exact) mass is 634 g/mol. The van der Waals surface area contributed by atoms with E-state index < -0.39 is 0 Å². The van der Waals surface area contributed by atoms with Crippen LogP contribution in [0.15, 0.2) is 167 Å². The zero-order valence-electron chi connectivity index (χ0n) is 25.6. The van der Waals surface area contributed by atoms with Crippen LogP contribution in [0.2, 0.25) is 0 Å². The van der Waals surface area contributed by atoms with E-state index in [1.165, 1.54) is 0 Å². The van der Waals surface area contributed by atoms with E-state index in [2.05, 4.69) is 132 Å². The molecule has 48 heavy (non-hydrogen) atoms. The number of hydrogen-bond acceptors (Lipinski definition) is 5. The van der Waals surface area contributed by atoms with Crippen LogP contribution in [0, 0.1) is 0 Å². The zero-order valence-corrected chi connectivity index (χ0v) is 26.4. The number of furan rings is 2. The molecule has 0 atom stereocenters. The van der Waals surface area contributed by atoms with Gasteiger partial charge in [-0.1, -0.05) is 97.1 Å². The molecule has 0 saturated heterocycles. The van der Waals surface area contributed by atoms with Crippen molar-refractivity contribution in [2.24, 2.45) is 0 Å². The van der Waals surface area contributed by atoms with Crippen LogP contribution >= 0.6 is 11.3 Å². The van der Waals surface area contributed by atoms with Gasteiger partial charge in [0.2, 0.25) is 0 Å². The van der Waals surface area contributed by atoms with Gasteiger partial charge in [-0.2, -0.15) is 0 Å². The molecule has 0 fully saturated rings. The highest BCUT2D eigenvalue weighted by molar-refractivity contribution is 7.22. The molecule has 226 valence electrons. The molecule has 10 rings (SSSR count). The smallest absolute Gasteiger partial charge is 0.159 e. The molecule has 0 spiro atoms. The SMILES string of the molecule is c1ccc(-c2nc3ccc4oc5ccc(-c6ccc(N(c7ccccc7)c7cccc8c7oc7ccccc78)cc6)cc5c4c3s2)cc1. The van der Waals surface area contributed by atoms with Crippen molar-refractivity contribution in [2.75, 3.05) is 4.90 Å². The summed E-state index contributed by atoms with van der Waals surface area (Å²) in [5.41, 5.74) is 11.0. The van der Waals surface area contributed by atoms with E-state index in [4.69, 9.17) is 13.8 Å². The maximum atomic E-state index is 6.47. The quantitative estimate of drug-likeness (QED) is 0.189. The Kier molecular flexibility index (Phi) is 6.01. The standard InChI is InChI=1S/C43H26N2O2S/c1-3-10-28(11-4-1)43-44-35-23-25-39-40(42(35)48-43)34-26-29(20-24-38(34)46-39)27-18-21-31(22-19-27)45(30-12-5-2-6-13-30)36-16-9-15-33-32-14-7-8-17-37(32)47-41(33)36/h1-26H. The molecule has 0 unspecified atom stereocenters. The number of benzene rings is 7. The number of fused-ring (bicyclic) bond motifs is 8. The number of para-hydroxylation sites is 3. The van der Waals surface area contributed by atoms with E-state index >= 15 is 0 Å². The third-order valence-electron chi connectivity index (χ3n) is 9.11. The molecule has 0 saturated carbocycles. The average Bonchev–Trinajstić information content (AvgIpc) is 3.86. The highest BCUT2D eigenvalue weighted by Gasteiger charge is 2.20. The Hall–Kier alpha value is -6.17. The molecule has 0 bridgehead atoms. The fraction of sp³-hybridized carbons (Fsp3) is 0. The predicted octanol–water partition coefficient (Wildman–Crippen LogP) is 12.9. The van der Waals surface area contributed by atoms with Gasteiger partial charge in [0.25, 0.3) is 0 Å². The second-order valence-electron chi connectivity index (χ2n) is 12.0. The Morgan fingerprint density at radius 1 is 0.479 bits per heavy atom. The summed E-state index contributed by atoms with van der Waals surface area (Å²) in [7, 11) is 0. The molecule has 0 aliphatic heterocycles. The Morgan fingerprint density at radius 2 is 1.17 bits per heavy atom. The van der Waals surface area contributed by atoms with Gasteiger partial charge in [0.15, 0.2) is 5.58 Å². The molecule has 5 heteroatoms. The molecule has 0 radical (unpaired) electrons. The van der Waals surface area contributed by atoms with E-state index in [9.17, 15) is 0 Å². The van der Waals surface area contributed by atoms with Crippen molar-refractivity contribution >= 4 is 82.5 Å². The van der Waals surface area contributed by atoms with E-state index in [0.29, 0.717) is 0 Å². The molecular weight excluding hydrogens is 609 g/mol. The summed E-state index contributed by atoms with van der Waals surface area (Å²) in [5.74, 6) is 0. The lowest BCUT2D eigenvalue weighted by molar-refractivity contribution is 0.669. The van der Waals surface area contributed by atoms with Gasteiger partial charge in [0.1, 0.15) is 21.8 Å². The minimum Gasteiger partial charge on any atom is -0.456 e. The fourth-order valence-electron chi connectivity index (χ4n) is 6.85. The Bertz CT molecular complexity index is 2780. The maximum absolute atomic E-state index is 6.47. The molecule has 0 aliphatic rings. The van der Waals surface area contributed by atoms with Crippen molar-refractivity contribution in [1.29, 1.82) is 0 Å². The fourth-order valence-corrected chi connectivity index (χ4v) is 7.97. The van der Waals surface area contributed by atoms with Gasteiger partial charge in [0.05, 0.1) is 15.9 Å². The summed E-state index contributed by atoms with van der Waals surface area (Å²) in [5, 5.41) is 5.46. The van der Waals surface area contributed by atoms with Gasteiger partial charge in [-0.05, 0) is 71.8 Å². The first-order valence-corrected chi connectivity index (χ1v) is 16.8. The van der Waals surface area contributed by atoms with Gasteiger partial charge >= 0.3 is 0 Å². The summed E-state index contributed by atoms with van der Waals surface area (Å²) >= 11 is 1.72. The van der Waals surface area contributed by atoms with Crippen LogP contribution in [0.25, 0.3) is 75.8 Å². The molecule has 4 nitrogen and oxygen atoms in total. The molecule has 3 heterocycles. The highest BCUT2D eigenvalue weighted by Crippen LogP contribution is 2.44. The van der Waals surface area contributed by atoms with Crippen molar-refractivity contribution < 1.29 is 8.83 Å². The third-order valence-corrected chi connectivity index (χ3v) is 10.2. The van der Waals surface area contributed by atoms with E-state index in [0.717, 1.165) is 92.9 Å². The second kappa shape index (κ2) is 10.7. The molecule has 3 aromatic heterocycles. The second-order valence-corrected chi connectivity index (χ2v) is 13.0. The summed E-state index contributed by atoms with van der Waals surface area (Å²) in [6, 6.07) is 54.8. The van der Waals surface area contributed by atoms with Crippen molar-refractivity contribution in [3.05, 3.63) is 158 Å². The van der Waals surface area contributed by atoms with Crippen LogP contribution in [0.1, 0.15) is 0 Å². The van der Waals surface area contributed by atoms with Crippen LogP contribution < -0.4 is 4.90 Å². The lowest BCUT2D eigenvalue weighted by atomic mass is 10.0. The van der Waals surface area contributed by atoms with Crippen molar-refractivity contribution in [3.8, 4) is 21.7 Å². The van der Waals surface area contributed by atoms with Crippen LogP contribution in [0.4, 0.5) is 17.1 Å². The first-order valence-electron chi connectivity index (χ1n) is 16.0. The van der Waals surface area contributed by atoms with Crippen LogP contribution in [-0.2, 0) is 0 Å². The zero-order chi connectivity index (χ0) is 31.6. The van der Waals surface area contributed by atoms with Crippen LogP contribution in [-0.4, -0.2) is 4.98 Å². The first-order chi connectivity index (χ1) is 23.8. The number of rotatable bonds is 5. The topological polar surface area (TPSA) is 42.4 Å². The van der Waals surface area contributed by atoms with Gasteiger partial charge < -0.3 is 13.7 Å². The normalized spacial score (nSPS) is 11.8. The Labute approximate surface area is 279 Å². The summed E-state index contributed by atoms with van der Waals surface area (Å²) in [6.07, 6.45) is 0. The summed E-state index contributed by atoms with van der Waals surface area (Å²) in [6.45, 7) is 0. The number of anilines is 3. The maximum Gasteiger partial charge on any atom is 0.159 e. The van der Waals surface area contributed by atoms with Crippen molar-refractivity contribution in [2.45, 2.75) is 0 Å². The first kappa shape index (κ1) is 27.0. The molecular formula is C43H26N2O2S. The summed E-state index contributed by atoms with van der Waals surface area (Å²) < 4.78 is 14.0. The lowest BCUT2D eigenvalue weighted by Crippen LogP contribution is -2.10. The van der Waals surface area contributed by atoms with Crippen molar-refractivity contribution in [3.63, 3.8) is 0 Å². The summed E-state index contributed by atoms with van der Waals surface area (Å²) in [4.78, 5) is 7.24. The number of thiazole rings is 1. The van der Waals surface area contributed by atoms with Crippen LogP contribution in [0.5, 0.6) is 0 Å². The minimum atomic E-state index is 0.869. The predicted molar refractivity (Wildman–Crippen MR) is 200 cm³/mol. The number of nitrogens with zero attached hydrogens (tertiary/aromatic N) is 2. The average molecular weight is 635 g/mol. The Balaban J connectivity index is 1.09. The minimum absolute atomic E-state index is 0.869. The van der Waals surface area contributed by atoms with E-state index in [-0.39, 0.29) is 0 Å². The van der Waals surface area contributed by atoms with Gasteiger partial charge in [-0.15, -0.1) is 11.3 Å². The van der Waals surface area contributed by atoms with Gasteiger partial charge in [-0.3, -0.25) is 0 Å². The third kappa shape index (κ3) is 4.25. The molecule has 0 amide bonds. The molecule has 7 aromatic carbocycles. The largest absolute Gasteiger partial charge is 0.456 e. The molecule has 10 aromatic rings. The van der Waals surface area contributed by atoms with Gasteiger partial charge in [0, 0.05) is 38.5 Å².